The van der Waals surface area contributed by atoms with Gasteiger partial charge in [-0.15, -0.1) is 0 Å². The summed E-state index contributed by atoms with van der Waals surface area (Å²) in [6.45, 7) is 1.59. The van der Waals surface area contributed by atoms with E-state index < -0.39 is 12.0 Å². The molecule has 1 rings (SSSR count). The number of rotatable bonds is 1. The van der Waals surface area contributed by atoms with Crippen molar-refractivity contribution in [1.29, 1.82) is 0 Å². The monoisotopic (exact) mass is 244 g/mol. The predicted molar refractivity (Wildman–Crippen MR) is 36.6 cm³/mol. The quantitative estimate of drug-likeness (QED) is 0.713. The molecule has 0 aliphatic heterocycles. The molecule has 0 bridgehead atoms. The fraction of sp³-hybridized carbons (Fsp3) is 0.600. The highest BCUT2D eigenvalue weighted by Crippen LogP contribution is 2.28. The average molecular weight is 245 g/mol. The van der Waals surface area contributed by atoms with Gasteiger partial charge in [-0.1, -0.05) is 21.1 Å². The zero-order chi connectivity index (χ0) is 9.35. The molecule has 0 aliphatic rings. The summed E-state index contributed by atoms with van der Waals surface area (Å²) in [5.74, 6) is -1.33. The lowest BCUT2D eigenvalue weighted by Gasteiger charge is -1.96. The van der Waals surface area contributed by atoms with Gasteiger partial charge in [0.25, 0.3) is 5.82 Å². The van der Waals surface area contributed by atoms with E-state index in [4.69, 9.17) is 0 Å². The zero-order valence-electron chi connectivity index (χ0n) is 5.89. The van der Waals surface area contributed by atoms with Crippen LogP contribution in [-0.4, -0.2) is 10.1 Å². The van der Waals surface area contributed by atoms with E-state index in [9.17, 15) is 13.2 Å². The fourth-order valence-corrected chi connectivity index (χ4v) is 0.698. The predicted octanol–water partition coefficient (Wildman–Crippen LogP) is 2.54. The standard InChI is InChI=1S/C5H4BrF3N2O/c1-2(6)3-10-4(11-12-3)5(7,8)9/h2H,1H3/t2-/m1/s1. The summed E-state index contributed by atoms with van der Waals surface area (Å²) in [5.41, 5.74) is 0. The maximum atomic E-state index is 11.9. The first-order valence-corrected chi connectivity index (χ1v) is 3.87. The Morgan fingerprint density at radius 3 is 2.33 bits per heavy atom. The lowest BCUT2D eigenvalue weighted by molar-refractivity contribution is -0.146. The Balaban J connectivity index is 2.92. The van der Waals surface area contributed by atoms with E-state index in [-0.39, 0.29) is 10.7 Å². The Kier molecular flexibility index (Phi) is 2.41. The van der Waals surface area contributed by atoms with Crippen LogP contribution >= 0.6 is 15.9 Å². The maximum absolute atomic E-state index is 11.9. The summed E-state index contributed by atoms with van der Waals surface area (Å²) < 4.78 is 39.9. The van der Waals surface area contributed by atoms with E-state index in [1.807, 2.05) is 0 Å². The van der Waals surface area contributed by atoms with E-state index in [0.717, 1.165) is 0 Å². The summed E-state index contributed by atoms with van der Waals surface area (Å²) in [4.78, 5) is 2.76. The Bertz CT molecular complexity index is 270. The van der Waals surface area contributed by atoms with Crippen molar-refractivity contribution in [2.45, 2.75) is 17.9 Å². The molecule has 7 heteroatoms. The molecule has 1 aromatic rings. The SMILES string of the molecule is C[C@@H](Br)c1nc(C(F)(F)F)no1. The lowest BCUT2D eigenvalue weighted by Crippen LogP contribution is -2.07. The van der Waals surface area contributed by atoms with Gasteiger partial charge < -0.3 is 4.52 Å². The second kappa shape index (κ2) is 3.04. The summed E-state index contributed by atoms with van der Waals surface area (Å²) in [7, 11) is 0. The van der Waals surface area contributed by atoms with E-state index in [1.165, 1.54) is 0 Å². The minimum atomic E-state index is -4.54. The van der Waals surface area contributed by atoms with Gasteiger partial charge in [-0.2, -0.15) is 18.2 Å². The van der Waals surface area contributed by atoms with Crippen molar-refractivity contribution in [3.63, 3.8) is 0 Å². The van der Waals surface area contributed by atoms with Crippen molar-refractivity contribution < 1.29 is 17.7 Å². The van der Waals surface area contributed by atoms with Crippen molar-refractivity contribution in [3.8, 4) is 0 Å². The van der Waals surface area contributed by atoms with Gasteiger partial charge in [-0.3, -0.25) is 0 Å². The van der Waals surface area contributed by atoms with E-state index in [1.54, 1.807) is 6.92 Å². The van der Waals surface area contributed by atoms with Gasteiger partial charge in [-0.25, -0.2) is 0 Å². The van der Waals surface area contributed by atoms with Crippen LogP contribution in [-0.2, 0) is 6.18 Å². The molecule has 1 atom stereocenters. The van der Waals surface area contributed by atoms with Crippen molar-refractivity contribution in [1.82, 2.24) is 10.1 Å². The van der Waals surface area contributed by atoms with Gasteiger partial charge in [0.15, 0.2) is 0 Å². The molecule has 3 nitrogen and oxygen atoms in total. The molecular weight excluding hydrogens is 241 g/mol. The van der Waals surface area contributed by atoms with E-state index in [2.05, 4.69) is 30.6 Å². The summed E-state index contributed by atoms with van der Waals surface area (Å²) >= 11 is 3.00. The van der Waals surface area contributed by atoms with Gasteiger partial charge in [0.1, 0.15) is 0 Å². The van der Waals surface area contributed by atoms with Crippen molar-refractivity contribution in [2.24, 2.45) is 0 Å². The number of aromatic nitrogens is 2. The first kappa shape index (κ1) is 9.50. The van der Waals surface area contributed by atoms with Crippen molar-refractivity contribution in [2.75, 3.05) is 0 Å². The molecule has 0 aromatic carbocycles. The van der Waals surface area contributed by atoms with Gasteiger partial charge in [-0.05, 0) is 6.92 Å². The fourth-order valence-electron chi connectivity index (χ4n) is 0.512. The Morgan fingerprint density at radius 1 is 1.50 bits per heavy atom. The molecule has 0 amide bonds. The van der Waals surface area contributed by atoms with Gasteiger partial charge in [0, 0.05) is 0 Å². The first-order chi connectivity index (χ1) is 5.41. The molecule has 0 saturated carbocycles. The molecule has 0 aliphatic carbocycles. The molecule has 12 heavy (non-hydrogen) atoms. The molecule has 1 aromatic heterocycles. The molecule has 0 unspecified atom stereocenters. The van der Waals surface area contributed by atoms with Crippen LogP contribution in [0, 0.1) is 0 Å². The van der Waals surface area contributed by atoms with Crippen LogP contribution in [0.3, 0.4) is 0 Å². The second-order valence-electron chi connectivity index (χ2n) is 2.07. The van der Waals surface area contributed by atoms with Crippen LogP contribution in [0.1, 0.15) is 23.5 Å². The van der Waals surface area contributed by atoms with Crippen LogP contribution in [0.4, 0.5) is 13.2 Å². The molecule has 0 saturated heterocycles. The molecule has 0 spiro atoms. The van der Waals surface area contributed by atoms with Crippen LogP contribution in [0.5, 0.6) is 0 Å². The number of hydrogen-bond donors (Lipinski definition) is 0. The molecule has 0 radical (unpaired) electrons. The Hall–Kier alpha value is -0.590. The second-order valence-corrected chi connectivity index (χ2v) is 3.44. The third-order valence-corrected chi connectivity index (χ3v) is 1.43. The van der Waals surface area contributed by atoms with Gasteiger partial charge in [0.2, 0.25) is 5.89 Å². The number of alkyl halides is 4. The summed E-state index contributed by atoms with van der Waals surface area (Å²) in [5, 5.41) is 2.77. The topological polar surface area (TPSA) is 38.9 Å². The Morgan fingerprint density at radius 2 is 2.08 bits per heavy atom. The van der Waals surface area contributed by atoms with Gasteiger partial charge >= 0.3 is 6.18 Å². The van der Waals surface area contributed by atoms with Crippen molar-refractivity contribution >= 4 is 15.9 Å². The smallest absolute Gasteiger partial charge is 0.338 e. The number of hydrogen-bond acceptors (Lipinski definition) is 3. The maximum Gasteiger partial charge on any atom is 0.455 e. The normalized spacial score (nSPS) is 14.8. The van der Waals surface area contributed by atoms with Gasteiger partial charge in [0.05, 0.1) is 4.83 Å². The summed E-state index contributed by atoms with van der Waals surface area (Å²) in [6, 6.07) is 0. The van der Waals surface area contributed by atoms with E-state index >= 15 is 0 Å². The van der Waals surface area contributed by atoms with Crippen LogP contribution < -0.4 is 0 Å². The number of nitrogens with zero attached hydrogens (tertiary/aromatic N) is 2. The largest absolute Gasteiger partial charge is 0.455 e. The van der Waals surface area contributed by atoms with Crippen LogP contribution in [0.15, 0.2) is 4.52 Å². The minimum Gasteiger partial charge on any atom is -0.338 e. The third-order valence-electron chi connectivity index (χ3n) is 1.04. The average Bonchev–Trinajstić information content (AvgIpc) is 2.30. The highest BCUT2D eigenvalue weighted by atomic mass is 79.9. The van der Waals surface area contributed by atoms with Crippen LogP contribution in [0.25, 0.3) is 0 Å². The molecule has 68 valence electrons. The summed E-state index contributed by atoms with van der Waals surface area (Å²) in [6.07, 6.45) is -4.54. The highest BCUT2D eigenvalue weighted by molar-refractivity contribution is 9.09. The molecular formula is C5H4BrF3N2O. The molecule has 0 fully saturated rings. The van der Waals surface area contributed by atoms with E-state index in [0.29, 0.717) is 0 Å². The van der Waals surface area contributed by atoms with Crippen LogP contribution in [0.2, 0.25) is 0 Å². The zero-order valence-corrected chi connectivity index (χ0v) is 7.48. The highest BCUT2D eigenvalue weighted by Gasteiger charge is 2.37. The molecule has 1 heterocycles. The number of halogens is 4. The van der Waals surface area contributed by atoms with Crippen molar-refractivity contribution in [3.05, 3.63) is 11.7 Å². The lowest BCUT2D eigenvalue weighted by atomic mass is 10.5. The minimum absolute atomic E-state index is 0.0812. The third kappa shape index (κ3) is 1.96. The molecule has 0 N–H and O–H groups in total. The first-order valence-electron chi connectivity index (χ1n) is 2.96. The Labute approximate surface area is 74.1 Å².